The van der Waals surface area contributed by atoms with E-state index in [2.05, 4.69) is 20.9 Å². The second-order valence-corrected chi connectivity index (χ2v) is 5.22. The zero-order valence-corrected chi connectivity index (χ0v) is 10.2. The lowest BCUT2D eigenvalue weighted by molar-refractivity contribution is -0.144. The third kappa shape index (κ3) is 0.973. The first kappa shape index (κ1) is 10.2. The molecule has 2 aliphatic carbocycles. The van der Waals surface area contributed by atoms with Gasteiger partial charge < -0.3 is 4.74 Å². The normalized spacial score (nSPS) is 34.2. The quantitative estimate of drug-likeness (QED) is 0.618. The van der Waals surface area contributed by atoms with Gasteiger partial charge in [-0.2, -0.15) is 0 Å². The van der Waals surface area contributed by atoms with E-state index in [1.807, 2.05) is 0 Å². The molecule has 0 bridgehead atoms. The number of hydrogen-bond acceptors (Lipinski definition) is 3. The predicted molar refractivity (Wildman–Crippen MR) is 57.3 cm³/mol. The molecular weight excluding hydrogens is 277 g/mol. The first-order chi connectivity index (χ1) is 7.57. The van der Waals surface area contributed by atoms with Crippen LogP contribution in [0.1, 0.15) is 18.4 Å². The molecule has 2 aliphatic rings. The molecule has 0 amide bonds. The van der Waals surface area contributed by atoms with Crippen molar-refractivity contribution in [2.75, 3.05) is 7.11 Å². The minimum absolute atomic E-state index is 0.206. The second kappa shape index (κ2) is 2.83. The van der Waals surface area contributed by atoms with Gasteiger partial charge in [-0.1, -0.05) is 0 Å². The Morgan fingerprint density at radius 2 is 2.31 bits per heavy atom. The van der Waals surface area contributed by atoms with Crippen LogP contribution in [0.25, 0.3) is 0 Å². The summed E-state index contributed by atoms with van der Waals surface area (Å²) in [6.45, 7) is 0. The molecule has 0 unspecified atom stereocenters. The fourth-order valence-electron chi connectivity index (χ4n) is 2.66. The van der Waals surface area contributed by atoms with Crippen LogP contribution in [0.2, 0.25) is 0 Å². The molecular formula is C11H9BrFNO2. The highest BCUT2D eigenvalue weighted by atomic mass is 79.9. The zero-order valence-electron chi connectivity index (χ0n) is 8.59. The Morgan fingerprint density at radius 3 is 2.94 bits per heavy atom. The van der Waals surface area contributed by atoms with Crippen LogP contribution < -0.4 is 0 Å². The number of carbonyl (C=O) groups excluding carboxylic acids is 1. The largest absolute Gasteiger partial charge is 0.469 e. The van der Waals surface area contributed by atoms with E-state index < -0.39 is 5.41 Å². The Hall–Kier alpha value is -0.970. The van der Waals surface area contributed by atoms with Crippen LogP contribution in [0.15, 0.2) is 16.9 Å². The molecule has 0 aromatic carbocycles. The van der Waals surface area contributed by atoms with Gasteiger partial charge in [0.1, 0.15) is 4.60 Å². The van der Waals surface area contributed by atoms with E-state index >= 15 is 0 Å². The van der Waals surface area contributed by atoms with Crippen molar-refractivity contribution < 1.29 is 13.9 Å². The summed E-state index contributed by atoms with van der Waals surface area (Å²) < 4.78 is 18.8. The lowest BCUT2D eigenvalue weighted by atomic mass is 10.1. The molecule has 0 aliphatic heterocycles. The first-order valence-corrected chi connectivity index (χ1v) is 5.76. The maximum atomic E-state index is 13.8. The number of carbonyl (C=O) groups is 1. The molecule has 3 nitrogen and oxygen atoms in total. The third-order valence-corrected chi connectivity index (χ3v) is 4.36. The van der Waals surface area contributed by atoms with Crippen molar-refractivity contribution in [3.63, 3.8) is 0 Å². The highest BCUT2D eigenvalue weighted by Crippen LogP contribution is 2.86. The van der Waals surface area contributed by atoms with E-state index in [-0.39, 0.29) is 21.8 Å². The van der Waals surface area contributed by atoms with Crippen molar-refractivity contribution in [1.82, 2.24) is 4.98 Å². The average molecular weight is 286 g/mol. The van der Waals surface area contributed by atoms with Gasteiger partial charge >= 0.3 is 5.97 Å². The Morgan fingerprint density at radius 1 is 1.62 bits per heavy atom. The van der Waals surface area contributed by atoms with Gasteiger partial charge in [0.15, 0.2) is 5.82 Å². The monoisotopic (exact) mass is 285 g/mol. The number of pyridine rings is 1. The summed E-state index contributed by atoms with van der Waals surface area (Å²) in [5.41, 5.74) is -0.168. The summed E-state index contributed by atoms with van der Waals surface area (Å²) in [7, 11) is 1.37. The van der Waals surface area contributed by atoms with Crippen LogP contribution in [0, 0.1) is 11.2 Å². The molecule has 0 saturated heterocycles. The molecule has 3 rings (SSSR count). The third-order valence-electron chi connectivity index (χ3n) is 3.81. The highest BCUT2D eigenvalue weighted by Gasteiger charge is 2.89. The summed E-state index contributed by atoms with van der Waals surface area (Å²) >= 11 is 3.05. The van der Waals surface area contributed by atoms with Gasteiger partial charge in [0.25, 0.3) is 0 Å². The molecule has 2 saturated carbocycles. The van der Waals surface area contributed by atoms with Gasteiger partial charge in [0, 0.05) is 11.6 Å². The highest BCUT2D eigenvalue weighted by molar-refractivity contribution is 9.10. The molecule has 1 aromatic rings. The van der Waals surface area contributed by atoms with Crippen molar-refractivity contribution in [2.24, 2.45) is 5.41 Å². The summed E-state index contributed by atoms with van der Waals surface area (Å²) in [6, 6.07) is 1.65. The van der Waals surface area contributed by atoms with Crippen molar-refractivity contribution >= 4 is 21.9 Å². The van der Waals surface area contributed by atoms with Crippen LogP contribution >= 0.6 is 15.9 Å². The van der Waals surface area contributed by atoms with Crippen LogP contribution in [0.4, 0.5) is 4.39 Å². The van der Waals surface area contributed by atoms with Crippen molar-refractivity contribution in [3.8, 4) is 0 Å². The lowest BCUT2D eigenvalue weighted by Crippen LogP contribution is -2.08. The minimum Gasteiger partial charge on any atom is -0.469 e. The number of nitrogens with zero attached hydrogens (tertiary/aromatic N) is 1. The van der Waals surface area contributed by atoms with Crippen molar-refractivity contribution in [1.29, 1.82) is 0 Å². The standard InChI is InChI=1S/C11H9BrFNO2/c1-16-9(15)11-4-10(11,5-11)6-2-3-14-8(12)7(6)13/h2-3H,4-5H2,1H3. The molecule has 84 valence electrons. The molecule has 0 spiro atoms. The molecule has 0 atom stereocenters. The Bertz CT molecular complexity index is 497. The topological polar surface area (TPSA) is 39.2 Å². The number of hydrogen-bond donors (Lipinski definition) is 0. The smallest absolute Gasteiger partial charge is 0.312 e. The molecule has 5 heteroatoms. The number of fused-ring (bicyclic) bond motifs is 1. The lowest BCUT2D eigenvalue weighted by Gasteiger charge is -2.04. The van der Waals surface area contributed by atoms with E-state index in [1.54, 1.807) is 12.3 Å². The zero-order chi connectivity index (χ0) is 11.6. The maximum absolute atomic E-state index is 13.8. The Kier molecular flexibility index (Phi) is 1.80. The second-order valence-electron chi connectivity index (χ2n) is 4.47. The fourth-order valence-corrected chi connectivity index (χ4v) is 2.99. The minimum atomic E-state index is -0.441. The SMILES string of the molecule is COC(=O)C12CC1(c1ccnc(Br)c1F)C2. The molecule has 1 aromatic heterocycles. The number of halogens is 2. The molecule has 0 radical (unpaired) electrons. The molecule has 16 heavy (non-hydrogen) atoms. The fraction of sp³-hybridized carbons (Fsp3) is 0.455. The van der Waals surface area contributed by atoms with Gasteiger partial charge in [-0.05, 0) is 40.4 Å². The van der Waals surface area contributed by atoms with Gasteiger partial charge in [-0.25, -0.2) is 9.37 Å². The van der Waals surface area contributed by atoms with Crippen LogP contribution in [0.5, 0.6) is 0 Å². The van der Waals surface area contributed by atoms with E-state index in [9.17, 15) is 9.18 Å². The molecule has 1 heterocycles. The van der Waals surface area contributed by atoms with E-state index in [4.69, 9.17) is 4.74 Å². The number of esters is 1. The van der Waals surface area contributed by atoms with Gasteiger partial charge in [0.05, 0.1) is 12.5 Å². The van der Waals surface area contributed by atoms with Crippen LogP contribution in [-0.2, 0) is 14.9 Å². The summed E-state index contributed by atoms with van der Waals surface area (Å²) in [6.07, 6.45) is 2.94. The van der Waals surface area contributed by atoms with Gasteiger partial charge in [-0.3, -0.25) is 4.79 Å². The van der Waals surface area contributed by atoms with E-state index in [1.165, 1.54) is 7.11 Å². The van der Waals surface area contributed by atoms with Crippen LogP contribution in [0.3, 0.4) is 0 Å². The average Bonchev–Trinajstić information content (AvgIpc) is 3.07. The van der Waals surface area contributed by atoms with Gasteiger partial charge in [0.2, 0.25) is 0 Å². The van der Waals surface area contributed by atoms with Crippen LogP contribution in [-0.4, -0.2) is 18.1 Å². The van der Waals surface area contributed by atoms with E-state index in [0.29, 0.717) is 18.4 Å². The number of aromatic nitrogens is 1. The molecule has 2 fully saturated rings. The maximum Gasteiger partial charge on any atom is 0.312 e. The Balaban J connectivity index is 1.99. The summed E-state index contributed by atoms with van der Waals surface area (Å²) in [5, 5.41) is 0. The number of methoxy groups -OCH3 is 1. The predicted octanol–water partition coefficient (Wildman–Crippen LogP) is 2.19. The number of rotatable bonds is 2. The summed E-state index contributed by atoms with van der Waals surface area (Å²) in [4.78, 5) is 15.4. The first-order valence-electron chi connectivity index (χ1n) is 4.96. The van der Waals surface area contributed by atoms with Crippen molar-refractivity contribution in [2.45, 2.75) is 18.3 Å². The van der Waals surface area contributed by atoms with Gasteiger partial charge in [-0.15, -0.1) is 0 Å². The summed E-state index contributed by atoms with van der Waals surface area (Å²) in [5.74, 6) is -0.578. The number of ether oxygens (including phenoxy) is 1. The van der Waals surface area contributed by atoms with E-state index in [0.717, 1.165) is 0 Å². The molecule has 0 N–H and O–H groups in total. The van der Waals surface area contributed by atoms with Crippen molar-refractivity contribution in [3.05, 3.63) is 28.2 Å². The Labute approximate surface area is 100 Å².